The van der Waals surface area contributed by atoms with Crippen molar-refractivity contribution in [2.24, 2.45) is 0 Å². The lowest BCUT2D eigenvalue weighted by Crippen LogP contribution is -2.31. The van der Waals surface area contributed by atoms with Crippen molar-refractivity contribution in [3.05, 3.63) is 48.0 Å². The van der Waals surface area contributed by atoms with Gasteiger partial charge in [0.25, 0.3) is 15.9 Å². The molecule has 0 unspecified atom stereocenters. The van der Waals surface area contributed by atoms with E-state index in [1.807, 2.05) is 4.72 Å². The Labute approximate surface area is 138 Å². The molecule has 0 aliphatic heterocycles. The fraction of sp³-hybridized carbons (Fsp3) is 0.333. The third kappa shape index (κ3) is 4.60. The minimum absolute atomic E-state index is 0.0107. The fourth-order valence-electron chi connectivity index (χ4n) is 2.01. The van der Waals surface area contributed by atoms with Gasteiger partial charge in [-0.3, -0.25) is 4.79 Å². The first-order valence-electron chi connectivity index (χ1n) is 7.11. The summed E-state index contributed by atoms with van der Waals surface area (Å²) >= 11 is 0. The first kappa shape index (κ1) is 18.1. The van der Waals surface area contributed by atoms with Crippen LogP contribution in [0.25, 0.3) is 0 Å². The topological polar surface area (TPSA) is 81.1 Å². The van der Waals surface area contributed by atoms with Crippen LogP contribution >= 0.6 is 0 Å². The molecule has 0 spiro atoms. The highest BCUT2D eigenvalue weighted by Gasteiger charge is 2.23. The van der Waals surface area contributed by atoms with E-state index in [9.17, 15) is 22.0 Å². The SMILES string of the molecule is Cc1ccccc1S(=O)(=O)NC(=O)c1cn(CCC(C)(F)F)cn1. The standard InChI is InChI=1S/C15H17F2N3O3S/c1-11-5-3-4-6-13(11)24(22,23)19-14(21)12-9-20(10-18-12)8-7-15(2,16)17/h3-6,9-10H,7-8H2,1-2H3,(H,19,21). The van der Waals surface area contributed by atoms with Crippen molar-refractivity contribution in [1.29, 1.82) is 0 Å². The van der Waals surface area contributed by atoms with Gasteiger partial charge in [0.2, 0.25) is 5.92 Å². The van der Waals surface area contributed by atoms with Crippen LogP contribution in [0.2, 0.25) is 0 Å². The molecule has 1 N–H and O–H groups in total. The molecule has 1 heterocycles. The highest BCUT2D eigenvalue weighted by Crippen LogP contribution is 2.18. The number of aromatic nitrogens is 2. The van der Waals surface area contributed by atoms with Gasteiger partial charge < -0.3 is 4.57 Å². The van der Waals surface area contributed by atoms with Gasteiger partial charge in [-0.2, -0.15) is 0 Å². The molecule has 0 aliphatic rings. The molecule has 130 valence electrons. The molecule has 24 heavy (non-hydrogen) atoms. The summed E-state index contributed by atoms with van der Waals surface area (Å²) in [6, 6.07) is 6.22. The number of imidazole rings is 1. The zero-order valence-electron chi connectivity index (χ0n) is 13.2. The van der Waals surface area contributed by atoms with Crippen LogP contribution in [0, 0.1) is 6.92 Å². The molecule has 0 bridgehead atoms. The number of nitrogens with zero attached hydrogens (tertiary/aromatic N) is 2. The van der Waals surface area contributed by atoms with Crippen LogP contribution in [0.15, 0.2) is 41.7 Å². The Morgan fingerprint density at radius 1 is 1.33 bits per heavy atom. The Bertz CT molecular complexity index is 842. The average molecular weight is 357 g/mol. The maximum Gasteiger partial charge on any atom is 0.285 e. The summed E-state index contributed by atoms with van der Waals surface area (Å²) in [5.41, 5.74) is 0.333. The lowest BCUT2D eigenvalue weighted by atomic mass is 10.2. The van der Waals surface area contributed by atoms with Gasteiger partial charge in [0.15, 0.2) is 0 Å². The number of benzene rings is 1. The zero-order chi connectivity index (χ0) is 18.0. The predicted molar refractivity (Wildman–Crippen MR) is 83.3 cm³/mol. The number of hydrogen-bond donors (Lipinski definition) is 1. The summed E-state index contributed by atoms with van der Waals surface area (Å²) in [5, 5.41) is 0. The molecule has 0 radical (unpaired) electrons. The van der Waals surface area contributed by atoms with Gasteiger partial charge in [0.05, 0.1) is 11.2 Å². The van der Waals surface area contributed by atoms with Crippen LogP contribution < -0.4 is 4.72 Å². The van der Waals surface area contributed by atoms with Gasteiger partial charge in [-0.1, -0.05) is 18.2 Å². The lowest BCUT2D eigenvalue weighted by molar-refractivity contribution is 0.00869. The molecule has 2 rings (SSSR count). The highest BCUT2D eigenvalue weighted by atomic mass is 32.2. The van der Waals surface area contributed by atoms with E-state index < -0.39 is 28.3 Å². The number of nitrogens with one attached hydrogen (secondary N) is 1. The van der Waals surface area contributed by atoms with E-state index in [1.165, 1.54) is 23.2 Å². The lowest BCUT2D eigenvalue weighted by Gasteiger charge is -2.09. The normalized spacial score (nSPS) is 12.2. The quantitative estimate of drug-likeness (QED) is 0.860. The maximum absolute atomic E-state index is 12.8. The molecule has 6 nitrogen and oxygen atoms in total. The van der Waals surface area contributed by atoms with Crippen molar-refractivity contribution >= 4 is 15.9 Å². The van der Waals surface area contributed by atoms with Gasteiger partial charge in [-0.15, -0.1) is 0 Å². The molecule has 1 aromatic heterocycles. The van der Waals surface area contributed by atoms with E-state index in [0.29, 0.717) is 5.56 Å². The number of aryl methyl sites for hydroxylation is 2. The Morgan fingerprint density at radius 2 is 2.00 bits per heavy atom. The van der Waals surface area contributed by atoms with Crippen molar-refractivity contribution in [1.82, 2.24) is 14.3 Å². The Morgan fingerprint density at radius 3 is 2.62 bits per heavy atom. The van der Waals surface area contributed by atoms with E-state index in [4.69, 9.17) is 0 Å². The Kier molecular flexibility index (Phi) is 5.02. The molecule has 0 fully saturated rings. The first-order valence-corrected chi connectivity index (χ1v) is 8.59. The van der Waals surface area contributed by atoms with Gasteiger partial charge >= 0.3 is 0 Å². The average Bonchev–Trinajstić information content (AvgIpc) is 2.93. The van der Waals surface area contributed by atoms with Crippen LogP contribution in [-0.2, 0) is 16.6 Å². The monoisotopic (exact) mass is 357 g/mol. The largest absolute Gasteiger partial charge is 0.336 e. The number of halogens is 2. The van der Waals surface area contributed by atoms with Crippen LogP contribution in [0.1, 0.15) is 29.4 Å². The third-order valence-electron chi connectivity index (χ3n) is 3.29. The zero-order valence-corrected chi connectivity index (χ0v) is 14.0. The van der Waals surface area contributed by atoms with Gasteiger partial charge in [-0.25, -0.2) is 26.9 Å². The molecule has 1 aromatic carbocycles. The third-order valence-corrected chi connectivity index (χ3v) is 4.78. The van der Waals surface area contributed by atoms with E-state index >= 15 is 0 Å². The molecule has 9 heteroatoms. The molecule has 1 amide bonds. The van der Waals surface area contributed by atoms with Gasteiger partial charge in [0.1, 0.15) is 5.69 Å². The smallest absolute Gasteiger partial charge is 0.285 e. The molecule has 2 aromatic rings. The summed E-state index contributed by atoms with van der Waals surface area (Å²) < 4.78 is 53.4. The summed E-state index contributed by atoms with van der Waals surface area (Å²) in [6.07, 6.45) is 2.03. The number of sulfonamides is 1. The number of carbonyl (C=O) groups is 1. The Hall–Kier alpha value is -2.29. The highest BCUT2D eigenvalue weighted by molar-refractivity contribution is 7.90. The minimum Gasteiger partial charge on any atom is -0.336 e. The summed E-state index contributed by atoms with van der Waals surface area (Å²) in [7, 11) is -4.03. The molecule has 0 saturated heterocycles. The Balaban J connectivity index is 2.10. The van der Waals surface area contributed by atoms with Crippen LogP contribution in [0.3, 0.4) is 0 Å². The van der Waals surface area contributed by atoms with Gasteiger partial charge in [-0.05, 0) is 25.5 Å². The van der Waals surface area contributed by atoms with Crippen LogP contribution in [-0.4, -0.2) is 29.8 Å². The maximum atomic E-state index is 12.8. The van der Waals surface area contributed by atoms with Crippen molar-refractivity contribution < 1.29 is 22.0 Å². The van der Waals surface area contributed by atoms with Crippen LogP contribution in [0.5, 0.6) is 0 Å². The molecular weight excluding hydrogens is 340 g/mol. The van der Waals surface area contributed by atoms with Crippen molar-refractivity contribution in [3.63, 3.8) is 0 Å². The number of carbonyl (C=O) groups excluding carboxylic acids is 1. The van der Waals surface area contributed by atoms with E-state index in [1.54, 1.807) is 25.1 Å². The number of hydrogen-bond acceptors (Lipinski definition) is 4. The second kappa shape index (κ2) is 6.68. The van der Waals surface area contributed by atoms with Crippen LogP contribution in [0.4, 0.5) is 8.78 Å². The van der Waals surface area contributed by atoms with Crippen molar-refractivity contribution in [2.75, 3.05) is 0 Å². The number of rotatable bonds is 6. The van der Waals surface area contributed by atoms with Gasteiger partial charge in [0, 0.05) is 19.2 Å². The summed E-state index contributed by atoms with van der Waals surface area (Å²) in [6.45, 7) is 2.37. The summed E-state index contributed by atoms with van der Waals surface area (Å²) in [5.74, 6) is -3.75. The van der Waals surface area contributed by atoms with E-state index in [2.05, 4.69) is 4.98 Å². The predicted octanol–water partition coefficient (Wildman–Crippen LogP) is 2.36. The second-order valence-corrected chi connectivity index (χ2v) is 7.17. The van der Waals surface area contributed by atoms with E-state index in [0.717, 1.165) is 6.92 Å². The first-order chi connectivity index (χ1) is 11.1. The van der Waals surface area contributed by atoms with Crippen molar-refractivity contribution in [2.45, 2.75) is 37.6 Å². The fourth-order valence-corrected chi connectivity index (χ4v) is 3.22. The molecular formula is C15H17F2N3O3S. The molecule has 0 atom stereocenters. The number of amides is 1. The summed E-state index contributed by atoms with van der Waals surface area (Å²) in [4.78, 5) is 15.8. The number of alkyl halides is 2. The van der Waals surface area contributed by atoms with E-state index in [-0.39, 0.29) is 17.1 Å². The van der Waals surface area contributed by atoms with Crippen molar-refractivity contribution in [3.8, 4) is 0 Å². The minimum atomic E-state index is -4.03. The second-order valence-electron chi connectivity index (χ2n) is 5.52. The molecule has 0 saturated carbocycles. The molecule has 0 aliphatic carbocycles.